The molecule has 0 saturated carbocycles. The van der Waals surface area contributed by atoms with Gasteiger partial charge in [0.2, 0.25) is 0 Å². The van der Waals surface area contributed by atoms with Crippen molar-refractivity contribution in [3.63, 3.8) is 0 Å². The summed E-state index contributed by atoms with van der Waals surface area (Å²) in [5.74, 6) is 1.68. The molecule has 0 amide bonds. The van der Waals surface area contributed by atoms with E-state index in [-0.39, 0.29) is 0 Å². The molecule has 1 N–H and O–H groups in total. The van der Waals surface area contributed by atoms with Crippen molar-refractivity contribution in [2.24, 2.45) is 0 Å². The highest BCUT2D eigenvalue weighted by Crippen LogP contribution is 2.36. The van der Waals surface area contributed by atoms with Gasteiger partial charge in [-0.1, -0.05) is 0 Å². The van der Waals surface area contributed by atoms with Crippen LogP contribution in [-0.2, 0) is 18.0 Å². The van der Waals surface area contributed by atoms with E-state index in [1.165, 1.54) is 29.5 Å². The molecule has 3 nitrogen and oxygen atoms in total. The van der Waals surface area contributed by atoms with Crippen molar-refractivity contribution in [2.75, 3.05) is 20.2 Å². The van der Waals surface area contributed by atoms with E-state index < -0.39 is 0 Å². The highest BCUT2D eigenvalue weighted by atomic mass is 16.5. The van der Waals surface area contributed by atoms with E-state index in [2.05, 4.69) is 17.4 Å². The van der Waals surface area contributed by atoms with Crippen LogP contribution < -0.4 is 10.1 Å². The fraction of sp³-hybridized carbons (Fsp3) is 0.571. The number of rotatable bonds is 2. The summed E-state index contributed by atoms with van der Waals surface area (Å²) >= 11 is 0. The number of methoxy groups -OCH3 is 1. The molecule has 1 aromatic carbocycles. The smallest absolute Gasteiger partial charge is 0.122 e. The van der Waals surface area contributed by atoms with E-state index in [4.69, 9.17) is 9.47 Å². The van der Waals surface area contributed by atoms with Crippen LogP contribution >= 0.6 is 0 Å². The number of hydrogen-bond acceptors (Lipinski definition) is 3. The molecule has 0 radical (unpaired) electrons. The quantitative estimate of drug-likeness (QED) is 0.849. The van der Waals surface area contributed by atoms with Gasteiger partial charge in [-0.25, -0.2) is 0 Å². The van der Waals surface area contributed by atoms with Gasteiger partial charge in [0.1, 0.15) is 5.75 Å². The second-order valence-electron chi connectivity index (χ2n) is 4.88. The fourth-order valence-electron chi connectivity index (χ4n) is 2.85. The lowest BCUT2D eigenvalue weighted by atomic mass is 9.88. The topological polar surface area (TPSA) is 30.5 Å². The van der Waals surface area contributed by atoms with E-state index in [1.807, 2.05) is 0 Å². The predicted octanol–water partition coefficient (Wildman–Crippen LogP) is 2.19. The highest BCUT2D eigenvalue weighted by Gasteiger charge is 2.22. The van der Waals surface area contributed by atoms with Crippen molar-refractivity contribution in [3.8, 4) is 5.75 Å². The summed E-state index contributed by atoms with van der Waals surface area (Å²) in [7, 11) is 1.77. The van der Waals surface area contributed by atoms with Gasteiger partial charge in [-0.05, 0) is 60.7 Å². The lowest BCUT2D eigenvalue weighted by molar-refractivity contribution is 0.134. The van der Waals surface area contributed by atoms with Gasteiger partial charge in [0, 0.05) is 0 Å². The molecule has 0 aliphatic carbocycles. The Bertz CT molecular complexity index is 411. The van der Waals surface area contributed by atoms with Gasteiger partial charge in [-0.15, -0.1) is 0 Å². The van der Waals surface area contributed by atoms with Crippen LogP contribution in [0.4, 0.5) is 0 Å². The molecule has 2 aliphatic heterocycles. The molecule has 2 heterocycles. The van der Waals surface area contributed by atoms with Gasteiger partial charge in [0.15, 0.2) is 0 Å². The maximum atomic E-state index is 5.55. The molecule has 3 rings (SSSR count). The zero-order valence-corrected chi connectivity index (χ0v) is 10.3. The monoisotopic (exact) mass is 233 g/mol. The lowest BCUT2D eigenvalue weighted by Crippen LogP contribution is -2.26. The highest BCUT2D eigenvalue weighted by molar-refractivity contribution is 5.45. The molecule has 0 spiro atoms. The van der Waals surface area contributed by atoms with Crippen LogP contribution in [0.3, 0.4) is 0 Å². The zero-order chi connectivity index (χ0) is 11.7. The molecule has 2 aliphatic rings. The maximum Gasteiger partial charge on any atom is 0.122 e. The summed E-state index contributed by atoms with van der Waals surface area (Å²) in [6.07, 6.45) is 2.41. The third kappa shape index (κ3) is 2.05. The molecular formula is C14H19NO2. The van der Waals surface area contributed by atoms with Crippen LogP contribution in [0.25, 0.3) is 0 Å². The molecule has 1 saturated heterocycles. The van der Waals surface area contributed by atoms with Gasteiger partial charge >= 0.3 is 0 Å². The van der Waals surface area contributed by atoms with Crippen molar-refractivity contribution in [3.05, 3.63) is 28.8 Å². The Labute approximate surface area is 102 Å². The normalized spacial score (nSPS) is 20.3. The van der Waals surface area contributed by atoms with E-state index in [0.717, 1.165) is 32.1 Å². The molecule has 3 heteroatoms. The molecule has 17 heavy (non-hydrogen) atoms. The van der Waals surface area contributed by atoms with Gasteiger partial charge in [-0.2, -0.15) is 0 Å². The largest absolute Gasteiger partial charge is 0.496 e. The number of benzene rings is 1. The SMILES string of the molecule is COc1cc2c(cc1C1CCNCC1)COC2. The maximum absolute atomic E-state index is 5.55. The van der Waals surface area contributed by atoms with Crippen molar-refractivity contribution in [1.82, 2.24) is 5.32 Å². The Balaban J connectivity index is 1.96. The van der Waals surface area contributed by atoms with Crippen LogP contribution in [0.5, 0.6) is 5.75 Å². The van der Waals surface area contributed by atoms with Gasteiger partial charge < -0.3 is 14.8 Å². The van der Waals surface area contributed by atoms with Crippen molar-refractivity contribution >= 4 is 0 Å². The summed E-state index contributed by atoms with van der Waals surface area (Å²) in [4.78, 5) is 0. The molecular weight excluding hydrogens is 214 g/mol. The number of piperidine rings is 1. The van der Waals surface area contributed by atoms with Crippen LogP contribution in [0, 0.1) is 0 Å². The Morgan fingerprint density at radius 2 is 1.88 bits per heavy atom. The van der Waals surface area contributed by atoms with Gasteiger partial charge in [-0.3, -0.25) is 0 Å². The molecule has 1 aromatic rings. The summed E-state index contributed by atoms with van der Waals surface area (Å²) in [5.41, 5.74) is 4.01. The van der Waals surface area contributed by atoms with E-state index in [1.54, 1.807) is 7.11 Å². The van der Waals surface area contributed by atoms with E-state index in [9.17, 15) is 0 Å². The third-order valence-corrected chi connectivity index (χ3v) is 3.85. The van der Waals surface area contributed by atoms with Crippen molar-refractivity contribution < 1.29 is 9.47 Å². The third-order valence-electron chi connectivity index (χ3n) is 3.85. The number of nitrogens with one attached hydrogen (secondary N) is 1. The number of hydrogen-bond donors (Lipinski definition) is 1. The predicted molar refractivity (Wildman–Crippen MR) is 66.3 cm³/mol. The Kier molecular flexibility index (Phi) is 3.04. The zero-order valence-electron chi connectivity index (χ0n) is 10.3. The Morgan fingerprint density at radius 3 is 2.59 bits per heavy atom. The van der Waals surface area contributed by atoms with E-state index in [0.29, 0.717) is 5.92 Å². The average Bonchev–Trinajstić information content (AvgIpc) is 2.85. The second kappa shape index (κ2) is 4.67. The molecule has 0 unspecified atom stereocenters. The first-order valence-corrected chi connectivity index (χ1v) is 6.36. The van der Waals surface area contributed by atoms with Crippen LogP contribution in [0.2, 0.25) is 0 Å². The van der Waals surface area contributed by atoms with Crippen LogP contribution in [-0.4, -0.2) is 20.2 Å². The molecule has 0 aromatic heterocycles. The fourth-order valence-corrected chi connectivity index (χ4v) is 2.85. The standard InChI is InChI=1S/C14H19NO2/c1-16-14-7-12-9-17-8-11(12)6-13(14)10-2-4-15-5-3-10/h6-7,10,15H,2-5,8-9H2,1H3. The van der Waals surface area contributed by atoms with Crippen molar-refractivity contribution in [1.29, 1.82) is 0 Å². The summed E-state index contributed by atoms with van der Waals surface area (Å²) in [6.45, 7) is 3.72. The van der Waals surface area contributed by atoms with Crippen molar-refractivity contribution in [2.45, 2.75) is 32.0 Å². The molecule has 1 fully saturated rings. The van der Waals surface area contributed by atoms with Crippen LogP contribution in [0.15, 0.2) is 12.1 Å². The first kappa shape index (κ1) is 11.1. The first-order valence-electron chi connectivity index (χ1n) is 6.36. The number of ether oxygens (including phenoxy) is 2. The molecule has 0 atom stereocenters. The van der Waals surface area contributed by atoms with Crippen LogP contribution in [0.1, 0.15) is 35.4 Å². The van der Waals surface area contributed by atoms with Gasteiger partial charge in [0.05, 0.1) is 20.3 Å². The molecule has 0 bridgehead atoms. The summed E-state index contributed by atoms with van der Waals surface area (Å²) in [5, 5.41) is 3.41. The summed E-state index contributed by atoms with van der Waals surface area (Å²) < 4.78 is 11.0. The average molecular weight is 233 g/mol. The summed E-state index contributed by atoms with van der Waals surface area (Å²) in [6, 6.07) is 4.47. The number of fused-ring (bicyclic) bond motifs is 1. The molecule has 92 valence electrons. The second-order valence-corrected chi connectivity index (χ2v) is 4.88. The minimum Gasteiger partial charge on any atom is -0.496 e. The Hall–Kier alpha value is -1.06. The Morgan fingerprint density at radius 1 is 1.18 bits per heavy atom. The van der Waals surface area contributed by atoms with E-state index >= 15 is 0 Å². The lowest BCUT2D eigenvalue weighted by Gasteiger charge is -2.25. The first-order chi connectivity index (χ1) is 8.38. The minimum atomic E-state index is 0.636. The van der Waals surface area contributed by atoms with Gasteiger partial charge in [0.25, 0.3) is 0 Å². The minimum absolute atomic E-state index is 0.636.